The molecule has 1 aliphatic rings. The molecule has 1 unspecified atom stereocenters. The molecule has 0 aromatic carbocycles. The van der Waals surface area contributed by atoms with Crippen LogP contribution in [0.5, 0.6) is 0 Å². The van der Waals surface area contributed by atoms with E-state index >= 15 is 0 Å². The predicted molar refractivity (Wildman–Crippen MR) is 45.3 cm³/mol. The summed E-state index contributed by atoms with van der Waals surface area (Å²) < 4.78 is 0. The summed E-state index contributed by atoms with van der Waals surface area (Å²) in [7, 11) is 0. The first-order valence-electron chi connectivity index (χ1n) is 4.27. The Labute approximate surface area is 68.1 Å². The van der Waals surface area contributed by atoms with Crippen LogP contribution in [0.2, 0.25) is 0 Å². The molecule has 0 aliphatic carbocycles. The van der Waals surface area contributed by atoms with Crippen molar-refractivity contribution in [2.24, 2.45) is 0 Å². The normalized spacial score (nSPS) is 30.3. The van der Waals surface area contributed by atoms with Gasteiger partial charge in [-0.3, -0.25) is 0 Å². The lowest BCUT2D eigenvalue weighted by Gasteiger charge is -2.07. The lowest BCUT2D eigenvalue weighted by atomic mass is 10.1. The molecule has 1 rings (SSSR count). The molecule has 1 nitrogen and oxygen atoms in total. The van der Waals surface area contributed by atoms with Crippen molar-refractivity contribution in [3.8, 4) is 0 Å². The van der Waals surface area contributed by atoms with E-state index < -0.39 is 0 Å². The van der Waals surface area contributed by atoms with Gasteiger partial charge in [0.05, 0.1) is 5.50 Å². The van der Waals surface area contributed by atoms with Crippen molar-refractivity contribution in [3.63, 3.8) is 0 Å². The molecule has 10 heavy (non-hydrogen) atoms. The van der Waals surface area contributed by atoms with Gasteiger partial charge in [0.25, 0.3) is 0 Å². The van der Waals surface area contributed by atoms with Crippen molar-refractivity contribution < 1.29 is 0 Å². The molecule has 1 aliphatic heterocycles. The van der Waals surface area contributed by atoms with Crippen molar-refractivity contribution >= 4 is 11.6 Å². The van der Waals surface area contributed by atoms with E-state index in [0.29, 0.717) is 0 Å². The monoisotopic (exact) mass is 161 g/mol. The molecule has 1 atom stereocenters. The van der Waals surface area contributed by atoms with Crippen LogP contribution in [0.4, 0.5) is 0 Å². The Morgan fingerprint density at radius 2 is 1.70 bits per heavy atom. The largest absolute Gasteiger partial charge is 0.301 e. The van der Waals surface area contributed by atoms with Crippen molar-refractivity contribution in [2.75, 3.05) is 6.54 Å². The van der Waals surface area contributed by atoms with Crippen molar-refractivity contribution in [1.29, 1.82) is 0 Å². The van der Waals surface area contributed by atoms with Gasteiger partial charge in [0.15, 0.2) is 0 Å². The Kier molecular flexibility index (Phi) is 4.15. The lowest BCUT2D eigenvalue weighted by Crippen LogP contribution is -2.23. The summed E-state index contributed by atoms with van der Waals surface area (Å²) in [4.78, 5) is 0. The van der Waals surface area contributed by atoms with Gasteiger partial charge in [0.1, 0.15) is 0 Å². The third-order valence-electron chi connectivity index (χ3n) is 2.00. The fourth-order valence-corrected chi connectivity index (χ4v) is 1.60. The molecule has 0 aromatic rings. The molecule has 1 heterocycles. The molecule has 0 bridgehead atoms. The maximum atomic E-state index is 5.96. The van der Waals surface area contributed by atoms with Crippen LogP contribution in [0.3, 0.4) is 0 Å². The molecule has 1 saturated heterocycles. The molecular weight excluding hydrogens is 146 g/mol. The van der Waals surface area contributed by atoms with E-state index in [0.717, 1.165) is 13.0 Å². The standard InChI is InChI=1S/C8H16ClN/c9-8-6-4-2-1-3-5-7-10-8/h8,10H,1-7H2. The third kappa shape index (κ3) is 3.43. The molecule has 0 amide bonds. The summed E-state index contributed by atoms with van der Waals surface area (Å²) in [6, 6.07) is 0. The summed E-state index contributed by atoms with van der Waals surface area (Å²) >= 11 is 5.96. The molecule has 1 fully saturated rings. The fraction of sp³-hybridized carbons (Fsp3) is 1.00. The SMILES string of the molecule is ClC1CCCCCCCN1. The topological polar surface area (TPSA) is 12.0 Å². The summed E-state index contributed by atoms with van der Waals surface area (Å²) in [5.41, 5.74) is 0.234. The second-order valence-corrected chi connectivity index (χ2v) is 3.50. The molecule has 1 N–H and O–H groups in total. The number of rotatable bonds is 0. The van der Waals surface area contributed by atoms with Gasteiger partial charge >= 0.3 is 0 Å². The van der Waals surface area contributed by atoms with Gasteiger partial charge in [0, 0.05) is 0 Å². The summed E-state index contributed by atoms with van der Waals surface area (Å²) in [5.74, 6) is 0. The van der Waals surface area contributed by atoms with Crippen LogP contribution in [0.25, 0.3) is 0 Å². The van der Waals surface area contributed by atoms with Gasteiger partial charge < -0.3 is 5.32 Å². The highest BCUT2D eigenvalue weighted by atomic mass is 35.5. The third-order valence-corrected chi connectivity index (χ3v) is 2.37. The first-order valence-corrected chi connectivity index (χ1v) is 4.71. The summed E-state index contributed by atoms with van der Waals surface area (Å²) in [6.07, 6.45) is 7.86. The van der Waals surface area contributed by atoms with Crippen molar-refractivity contribution in [1.82, 2.24) is 5.32 Å². The molecule has 0 saturated carbocycles. The van der Waals surface area contributed by atoms with Gasteiger partial charge in [-0.15, -0.1) is 11.6 Å². The van der Waals surface area contributed by atoms with E-state index in [4.69, 9.17) is 11.6 Å². The van der Waals surface area contributed by atoms with Crippen LogP contribution in [0.15, 0.2) is 0 Å². The Balaban J connectivity index is 2.15. The average molecular weight is 162 g/mol. The second-order valence-electron chi connectivity index (χ2n) is 2.98. The van der Waals surface area contributed by atoms with E-state index in [1.165, 1.54) is 32.1 Å². The van der Waals surface area contributed by atoms with Crippen LogP contribution in [0.1, 0.15) is 38.5 Å². The summed E-state index contributed by atoms with van der Waals surface area (Å²) in [6.45, 7) is 1.11. The van der Waals surface area contributed by atoms with Crippen LogP contribution in [0, 0.1) is 0 Å². The zero-order valence-corrected chi connectivity index (χ0v) is 7.16. The molecule has 0 radical (unpaired) electrons. The first kappa shape index (κ1) is 8.35. The van der Waals surface area contributed by atoms with Crippen LogP contribution < -0.4 is 5.32 Å². The van der Waals surface area contributed by atoms with Gasteiger partial charge in [-0.05, 0) is 19.4 Å². The molecule has 60 valence electrons. The summed E-state index contributed by atoms with van der Waals surface area (Å²) in [5, 5.41) is 3.29. The quantitative estimate of drug-likeness (QED) is 0.425. The minimum atomic E-state index is 0.234. The zero-order valence-electron chi connectivity index (χ0n) is 6.41. The van der Waals surface area contributed by atoms with Crippen molar-refractivity contribution in [3.05, 3.63) is 0 Å². The van der Waals surface area contributed by atoms with Gasteiger partial charge in [-0.2, -0.15) is 0 Å². The second kappa shape index (κ2) is 4.97. The Morgan fingerprint density at radius 1 is 1.00 bits per heavy atom. The van der Waals surface area contributed by atoms with Gasteiger partial charge in [-0.25, -0.2) is 0 Å². The number of alkyl halides is 1. The van der Waals surface area contributed by atoms with Crippen LogP contribution in [-0.2, 0) is 0 Å². The average Bonchev–Trinajstić information content (AvgIpc) is 2.02. The van der Waals surface area contributed by atoms with E-state index in [-0.39, 0.29) is 5.50 Å². The lowest BCUT2D eigenvalue weighted by molar-refractivity contribution is 0.588. The van der Waals surface area contributed by atoms with E-state index in [1.54, 1.807) is 0 Å². The molecule has 2 heteroatoms. The van der Waals surface area contributed by atoms with E-state index in [9.17, 15) is 0 Å². The molecule has 0 spiro atoms. The first-order chi connectivity index (χ1) is 4.89. The minimum Gasteiger partial charge on any atom is -0.301 e. The highest BCUT2D eigenvalue weighted by Gasteiger charge is 2.04. The Hall–Kier alpha value is 0.250. The number of hydrogen-bond acceptors (Lipinski definition) is 1. The zero-order chi connectivity index (χ0) is 7.23. The maximum absolute atomic E-state index is 5.96. The molecule has 0 aromatic heterocycles. The van der Waals surface area contributed by atoms with Crippen LogP contribution >= 0.6 is 11.6 Å². The van der Waals surface area contributed by atoms with Crippen molar-refractivity contribution in [2.45, 2.75) is 44.0 Å². The molecular formula is C8H16ClN. The van der Waals surface area contributed by atoms with Crippen LogP contribution in [-0.4, -0.2) is 12.0 Å². The number of nitrogens with one attached hydrogen (secondary N) is 1. The highest BCUT2D eigenvalue weighted by molar-refractivity contribution is 6.20. The maximum Gasteiger partial charge on any atom is 0.0825 e. The smallest absolute Gasteiger partial charge is 0.0825 e. The Bertz CT molecular complexity index is 75.3. The van der Waals surface area contributed by atoms with E-state index in [1.807, 2.05) is 0 Å². The fourth-order valence-electron chi connectivity index (χ4n) is 1.34. The highest BCUT2D eigenvalue weighted by Crippen LogP contribution is 2.11. The minimum absolute atomic E-state index is 0.234. The number of hydrogen-bond donors (Lipinski definition) is 1. The Morgan fingerprint density at radius 3 is 2.60 bits per heavy atom. The van der Waals surface area contributed by atoms with Gasteiger partial charge in [-0.1, -0.05) is 25.7 Å². The number of halogens is 1. The van der Waals surface area contributed by atoms with E-state index in [2.05, 4.69) is 5.32 Å². The predicted octanol–water partition coefficient (Wildman–Crippen LogP) is 2.50. The van der Waals surface area contributed by atoms with Gasteiger partial charge in [0.2, 0.25) is 0 Å².